The van der Waals surface area contributed by atoms with Crippen LogP contribution in [0.15, 0.2) is 17.1 Å². The van der Waals surface area contributed by atoms with E-state index in [1.165, 1.54) is 10.8 Å². The van der Waals surface area contributed by atoms with Crippen molar-refractivity contribution in [3.8, 4) is 0 Å². The summed E-state index contributed by atoms with van der Waals surface area (Å²) in [6.07, 6.45) is 2.24. The first-order chi connectivity index (χ1) is 5.15. The van der Waals surface area contributed by atoms with Crippen molar-refractivity contribution in [3.63, 3.8) is 0 Å². The van der Waals surface area contributed by atoms with Crippen LogP contribution in [0, 0.1) is 6.92 Å². The van der Waals surface area contributed by atoms with Crippen LogP contribution in [0.3, 0.4) is 0 Å². The largest absolute Gasteiger partial charge is 0.318 e. The molecule has 3 nitrogen and oxygen atoms in total. The molecule has 0 atom stereocenters. The molecule has 58 valence electrons. The number of carbonyl (C=O) groups excluding carboxylic acids is 1. The minimum atomic E-state index is -0.0596. The van der Waals surface area contributed by atoms with Crippen LogP contribution in [0.4, 0.5) is 0 Å². The molecule has 1 heterocycles. The van der Waals surface area contributed by atoms with Gasteiger partial charge in [0.25, 0.3) is 5.56 Å². The number of hydrogen-bond donors (Lipinski definition) is 0. The topological polar surface area (TPSA) is 39.1 Å². The van der Waals surface area contributed by atoms with E-state index in [4.69, 9.17) is 0 Å². The molecule has 0 unspecified atom stereocenters. The fraction of sp³-hybridized carbons (Fsp3) is 0.250. The Hall–Kier alpha value is -1.38. The average molecular weight is 151 g/mol. The molecule has 0 aliphatic heterocycles. The molecule has 1 aromatic rings. The van der Waals surface area contributed by atoms with E-state index in [9.17, 15) is 9.59 Å². The van der Waals surface area contributed by atoms with Crippen LogP contribution in [0.25, 0.3) is 0 Å². The monoisotopic (exact) mass is 151 g/mol. The van der Waals surface area contributed by atoms with Gasteiger partial charge in [0.15, 0.2) is 6.29 Å². The molecule has 0 fully saturated rings. The number of aryl methyl sites for hydroxylation is 2. The highest BCUT2D eigenvalue weighted by Gasteiger charge is 1.97. The maximum Gasteiger partial charge on any atom is 0.253 e. The molecule has 11 heavy (non-hydrogen) atoms. The van der Waals surface area contributed by atoms with Crippen molar-refractivity contribution in [1.82, 2.24) is 4.57 Å². The third kappa shape index (κ3) is 1.37. The van der Waals surface area contributed by atoms with Gasteiger partial charge in [-0.25, -0.2) is 0 Å². The molecular formula is C8H9NO2. The van der Waals surface area contributed by atoms with Crippen molar-refractivity contribution in [2.24, 2.45) is 7.05 Å². The minimum Gasteiger partial charge on any atom is -0.318 e. The predicted octanol–water partition coefficient (Wildman–Crippen LogP) is 0.506. The highest BCUT2D eigenvalue weighted by molar-refractivity contribution is 5.74. The Morgan fingerprint density at radius 1 is 1.55 bits per heavy atom. The summed E-state index contributed by atoms with van der Waals surface area (Å²) < 4.78 is 1.40. The van der Waals surface area contributed by atoms with Gasteiger partial charge in [-0.3, -0.25) is 9.59 Å². The van der Waals surface area contributed by atoms with Gasteiger partial charge < -0.3 is 4.57 Å². The summed E-state index contributed by atoms with van der Waals surface area (Å²) in [6.45, 7) is 1.69. The Bertz CT molecular complexity index is 312. The fourth-order valence-electron chi connectivity index (χ4n) is 0.974. The third-order valence-corrected chi connectivity index (χ3v) is 1.52. The first kappa shape index (κ1) is 7.72. The number of pyridine rings is 1. The summed E-state index contributed by atoms with van der Waals surface area (Å²) >= 11 is 0. The lowest BCUT2D eigenvalue weighted by atomic mass is 10.2. The van der Waals surface area contributed by atoms with Crippen LogP contribution in [0.5, 0.6) is 0 Å². The van der Waals surface area contributed by atoms with Gasteiger partial charge in [-0.1, -0.05) is 0 Å². The van der Waals surface area contributed by atoms with Gasteiger partial charge in [0.05, 0.1) is 0 Å². The zero-order valence-electron chi connectivity index (χ0n) is 6.50. The summed E-state index contributed by atoms with van der Waals surface area (Å²) in [4.78, 5) is 21.4. The number of aromatic nitrogens is 1. The SMILES string of the molecule is Cc1cc(C=O)cn(C)c1=O. The molecule has 0 saturated carbocycles. The molecule has 0 spiro atoms. The van der Waals surface area contributed by atoms with Crippen LogP contribution >= 0.6 is 0 Å². The van der Waals surface area contributed by atoms with Crippen molar-refractivity contribution in [3.05, 3.63) is 33.7 Å². The Kier molecular flexibility index (Phi) is 1.89. The van der Waals surface area contributed by atoms with Crippen molar-refractivity contribution >= 4 is 6.29 Å². The number of carbonyl (C=O) groups is 1. The van der Waals surface area contributed by atoms with E-state index < -0.39 is 0 Å². The Balaban J connectivity index is 3.43. The van der Waals surface area contributed by atoms with E-state index in [1.54, 1.807) is 20.0 Å². The quantitative estimate of drug-likeness (QED) is 0.548. The number of nitrogens with zero attached hydrogens (tertiary/aromatic N) is 1. The maximum absolute atomic E-state index is 11.1. The number of aldehydes is 1. The van der Waals surface area contributed by atoms with Crippen LogP contribution < -0.4 is 5.56 Å². The predicted molar refractivity (Wildman–Crippen MR) is 41.8 cm³/mol. The standard InChI is InChI=1S/C8H9NO2/c1-6-3-7(5-10)4-9(2)8(6)11/h3-5H,1-2H3. The molecule has 0 radical (unpaired) electrons. The average Bonchev–Trinajstić information content (AvgIpc) is 1.99. The zero-order valence-corrected chi connectivity index (χ0v) is 6.50. The van der Waals surface area contributed by atoms with Crippen molar-refractivity contribution in [2.75, 3.05) is 0 Å². The van der Waals surface area contributed by atoms with Gasteiger partial charge in [0.2, 0.25) is 0 Å². The van der Waals surface area contributed by atoms with E-state index in [1.807, 2.05) is 0 Å². The van der Waals surface area contributed by atoms with E-state index in [0.717, 1.165) is 6.29 Å². The molecule has 0 N–H and O–H groups in total. The molecule has 0 saturated heterocycles. The summed E-state index contributed by atoms with van der Waals surface area (Å²) in [7, 11) is 1.63. The van der Waals surface area contributed by atoms with E-state index in [2.05, 4.69) is 0 Å². The highest BCUT2D eigenvalue weighted by atomic mass is 16.1. The van der Waals surface area contributed by atoms with E-state index in [0.29, 0.717) is 11.1 Å². The Labute approximate surface area is 64.3 Å². The lowest BCUT2D eigenvalue weighted by Gasteiger charge is -1.99. The van der Waals surface area contributed by atoms with E-state index >= 15 is 0 Å². The molecular weight excluding hydrogens is 142 g/mol. The molecule has 0 aromatic carbocycles. The summed E-state index contributed by atoms with van der Waals surface area (Å²) in [6, 6.07) is 1.58. The minimum absolute atomic E-state index is 0.0596. The highest BCUT2D eigenvalue weighted by Crippen LogP contribution is 1.94. The molecule has 1 aromatic heterocycles. The van der Waals surface area contributed by atoms with Gasteiger partial charge in [-0.2, -0.15) is 0 Å². The van der Waals surface area contributed by atoms with E-state index in [-0.39, 0.29) is 5.56 Å². The molecule has 0 bridgehead atoms. The second-order valence-corrected chi connectivity index (χ2v) is 2.49. The summed E-state index contributed by atoms with van der Waals surface area (Å²) in [5.74, 6) is 0. The van der Waals surface area contributed by atoms with Crippen molar-refractivity contribution < 1.29 is 4.79 Å². The Morgan fingerprint density at radius 2 is 2.18 bits per heavy atom. The van der Waals surface area contributed by atoms with Gasteiger partial charge >= 0.3 is 0 Å². The normalized spacial score (nSPS) is 9.64. The van der Waals surface area contributed by atoms with Crippen molar-refractivity contribution in [2.45, 2.75) is 6.92 Å². The first-order valence-corrected chi connectivity index (χ1v) is 3.27. The van der Waals surface area contributed by atoms with Gasteiger partial charge in [-0.15, -0.1) is 0 Å². The summed E-state index contributed by atoms with van der Waals surface area (Å²) in [5, 5.41) is 0. The van der Waals surface area contributed by atoms with Crippen LogP contribution in [-0.4, -0.2) is 10.9 Å². The first-order valence-electron chi connectivity index (χ1n) is 3.27. The molecule has 1 rings (SSSR count). The van der Waals surface area contributed by atoms with Crippen LogP contribution in [0.1, 0.15) is 15.9 Å². The van der Waals surface area contributed by atoms with Gasteiger partial charge in [0.1, 0.15) is 0 Å². The van der Waals surface area contributed by atoms with Crippen molar-refractivity contribution in [1.29, 1.82) is 0 Å². The van der Waals surface area contributed by atoms with Crippen LogP contribution in [0.2, 0.25) is 0 Å². The molecule has 0 aliphatic carbocycles. The van der Waals surface area contributed by atoms with Gasteiger partial charge in [0, 0.05) is 24.4 Å². The van der Waals surface area contributed by atoms with Crippen LogP contribution in [-0.2, 0) is 7.05 Å². The third-order valence-electron chi connectivity index (χ3n) is 1.52. The lowest BCUT2D eigenvalue weighted by molar-refractivity contribution is 0.112. The lowest BCUT2D eigenvalue weighted by Crippen LogP contribution is -2.18. The fourth-order valence-corrected chi connectivity index (χ4v) is 0.974. The molecule has 0 aliphatic rings. The summed E-state index contributed by atoms with van der Waals surface area (Å²) in [5.41, 5.74) is 1.07. The zero-order chi connectivity index (χ0) is 8.43. The second kappa shape index (κ2) is 2.70. The number of hydrogen-bond acceptors (Lipinski definition) is 2. The molecule has 0 amide bonds. The maximum atomic E-state index is 11.1. The number of rotatable bonds is 1. The second-order valence-electron chi connectivity index (χ2n) is 2.49. The molecule has 3 heteroatoms. The van der Waals surface area contributed by atoms with Gasteiger partial charge in [-0.05, 0) is 13.0 Å². The smallest absolute Gasteiger partial charge is 0.253 e. The Morgan fingerprint density at radius 3 is 2.64 bits per heavy atom.